The first-order chi connectivity index (χ1) is 8.99. The van der Waals surface area contributed by atoms with Crippen LogP contribution >= 0.6 is 23.2 Å². The summed E-state index contributed by atoms with van der Waals surface area (Å²) in [4.78, 5) is 10.8. The van der Waals surface area contributed by atoms with Gasteiger partial charge >= 0.3 is 5.97 Å². The highest BCUT2D eigenvalue weighted by molar-refractivity contribution is 6.39. The standard InChI is InChI=1S/C13H10Cl2N2O2/c14-8-2-1-3-9(15)12(8)17-11-5-4-7(13(18)19)6-10(11)16/h1-6,17H,16H2,(H,18,19). The van der Waals surface area contributed by atoms with E-state index in [-0.39, 0.29) is 5.56 Å². The quantitative estimate of drug-likeness (QED) is 0.748. The number of benzene rings is 2. The van der Waals surface area contributed by atoms with E-state index in [2.05, 4.69) is 5.32 Å². The minimum Gasteiger partial charge on any atom is -0.478 e. The first-order valence-electron chi connectivity index (χ1n) is 5.33. The highest BCUT2D eigenvalue weighted by Gasteiger charge is 2.10. The van der Waals surface area contributed by atoms with E-state index in [1.54, 1.807) is 24.3 Å². The summed E-state index contributed by atoms with van der Waals surface area (Å²) in [7, 11) is 0. The van der Waals surface area contributed by atoms with Crippen LogP contribution in [0.1, 0.15) is 10.4 Å². The number of nitrogen functional groups attached to an aromatic ring is 1. The van der Waals surface area contributed by atoms with E-state index >= 15 is 0 Å². The summed E-state index contributed by atoms with van der Waals surface area (Å²) in [5.41, 5.74) is 7.29. The van der Waals surface area contributed by atoms with Crippen molar-refractivity contribution < 1.29 is 9.90 Å². The maximum Gasteiger partial charge on any atom is 0.335 e. The molecule has 4 nitrogen and oxygen atoms in total. The number of carboxylic acid groups (broad SMARTS) is 1. The Balaban J connectivity index is 2.36. The minimum atomic E-state index is -1.03. The van der Waals surface area contributed by atoms with E-state index in [1.165, 1.54) is 12.1 Å². The number of anilines is 3. The summed E-state index contributed by atoms with van der Waals surface area (Å²) >= 11 is 12.1. The molecular weight excluding hydrogens is 287 g/mol. The predicted octanol–water partition coefficient (Wildman–Crippen LogP) is 4.02. The zero-order chi connectivity index (χ0) is 14.0. The molecule has 0 aliphatic heterocycles. The molecule has 19 heavy (non-hydrogen) atoms. The second kappa shape index (κ2) is 5.38. The molecule has 0 heterocycles. The number of hydrogen-bond donors (Lipinski definition) is 3. The number of hydrogen-bond acceptors (Lipinski definition) is 3. The zero-order valence-corrected chi connectivity index (χ0v) is 11.2. The van der Waals surface area contributed by atoms with Crippen molar-refractivity contribution in [2.24, 2.45) is 0 Å². The number of carboxylic acids is 1. The first kappa shape index (κ1) is 13.5. The number of nitrogens with one attached hydrogen (secondary N) is 1. The van der Waals surface area contributed by atoms with Gasteiger partial charge in [-0.25, -0.2) is 4.79 Å². The lowest BCUT2D eigenvalue weighted by molar-refractivity contribution is 0.0697. The normalized spacial score (nSPS) is 10.2. The van der Waals surface area contributed by atoms with Gasteiger partial charge in [-0.3, -0.25) is 0 Å². The molecule has 2 aromatic carbocycles. The van der Waals surface area contributed by atoms with Gasteiger partial charge in [0, 0.05) is 0 Å². The Morgan fingerprint density at radius 3 is 2.32 bits per heavy atom. The molecule has 0 spiro atoms. The van der Waals surface area contributed by atoms with Crippen LogP contribution in [0.5, 0.6) is 0 Å². The summed E-state index contributed by atoms with van der Waals surface area (Å²) in [5.74, 6) is -1.03. The smallest absolute Gasteiger partial charge is 0.335 e. The van der Waals surface area contributed by atoms with Crippen LogP contribution in [-0.2, 0) is 0 Å². The number of para-hydroxylation sites is 1. The molecule has 0 saturated carbocycles. The molecule has 0 aliphatic carbocycles. The van der Waals surface area contributed by atoms with Crippen molar-refractivity contribution in [2.45, 2.75) is 0 Å². The molecule has 4 N–H and O–H groups in total. The van der Waals surface area contributed by atoms with Crippen LogP contribution < -0.4 is 11.1 Å². The predicted molar refractivity (Wildman–Crippen MR) is 77.6 cm³/mol. The third kappa shape index (κ3) is 2.92. The number of halogens is 2. The average Bonchev–Trinajstić information content (AvgIpc) is 2.35. The molecule has 0 bridgehead atoms. The number of carbonyl (C=O) groups is 1. The van der Waals surface area contributed by atoms with Gasteiger partial charge < -0.3 is 16.2 Å². The van der Waals surface area contributed by atoms with E-state index in [1.807, 2.05) is 0 Å². The highest BCUT2D eigenvalue weighted by Crippen LogP contribution is 2.34. The molecule has 0 radical (unpaired) electrons. The summed E-state index contributed by atoms with van der Waals surface area (Å²) in [6, 6.07) is 9.50. The molecule has 2 aromatic rings. The van der Waals surface area contributed by atoms with Crippen molar-refractivity contribution in [3.63, 3.8) is 0 Å². The molecule has 2 rings (SSSR count). The Kier molecular flexibility index (Phi) is 3.83. The second-order valence-electron chi connectivity index (χ2n) is 3.83. The molecule has 0 saturated heterocycles. The van der Waals surface area contributed by atoms with E-state index in [0.717, 1.165) is 0 Å². The summed E-state index contributed by atoms with van der Waals surface area (Å²) in [6.07, 6.45) is 0. The van der Waals surface area contributed by atoms with Crippen molar-refractivity contribution in [3.8, 4) is 0 Å². The Hall–Kier alpha value is -1.91. The van der Waals surface area contributed by atoms with Gasteiger partial charge in [0.05, 0.1) is 32.7 Å². The van der Waals surface area contributed by atoms with Gasteiger partial charge in [0.2, 0.25) is 0 Å². The summed E-state index contributed by atoms with van der Waals surface area (Å²) in [6.45, 7) is 0. The average molecular weight is 297 g/mol. The van der Waals surface area contributed by atoms with Gasteiger partial charge in [-0.05, 0) is 30.3 Å². The van der Waals surface area contributed by atoms with Gasteiger partial charge in [0.25, 0.3) is 0 Å². The minimum absolute atomic E-state index is 0.119. The molecule has 6 heteroatoms. The van der Waals surface area contributed by atoms with Crippen molar-refractivity contribution in [1.29, 1.82) is 0 Å². The van der Waals surface area contributed by atoms with Crippen LogP contribution in [0.3, 0.4) is 0 Å². The van der Waals surface area contributed by atoms with Crippen molar-refractivity contribution in [1.82, 2.24) is 0 Å². The number of rotatable bonds is 3. The lowest BCUT2D eigenvalue weighted by atomic mass is 10.1. The molecule has 0 aromatic heterocycles. The van der Waals surface area contributed by atoms with Crippen molar-refractivity contribution in [2.75, 3.05) is 11.1 Å². The van der Waals surface area contributed by atoms with Crippen LogP contribution in [0.15, 0.2) is 36.4 Å². The molecule has 98 valence electrons. The van der Waals surface area contributed by atoms with Crippen LogP contribution in [0.2, 0.25) is 10.0 Å². The van der Waals surface area contributed by atoms with E-state index in [4.69, 9.17) is 34.0 Å². The van der Waals surface area contributed by atoms with E-state index in [0.29, 0.717) is 27.1 Å². The van der Waals surface area contributed by atoms with Crippen molar-refractivity contribution >= 4 is 46.2 Å². The number of nitrogens with two attached hydrogens (primary N) is 1. The largest absolute Gasteiger partial charge is 0.478 e. The second-order valence-corrected chi connectivity index (χ2v) is 4.64. The monoisotopic (exact) mass is 296 g/mol. The van der Waals surface area contributed by atoms with E-state index < -0.39 is 5.97 Å². The van der Waals surface area contributed by atoms with Crippen LogP contribution in [0, 0.1) is 0 Å². The lowest BCUT2D eigenvalue weighted by Crippen LogP contribution is -2.01. The number of aromatic carboxylic acids is 1. The third-order valence-corrected chi connectivity index (χ3v) is 3.15. The highest BCUT2D eigenvalue weighted by atomic mass is 35.5. The fourth-order valence-electron chi connectivity index (χ4n) is 1.56. The molecule has 0 aliphatic rings. The van der Waals surface area contributed by atoms with Gasteiger partial charge in [0.15, 0.2) is 0 Å². The molecule has 0 amide bonds. The van der Waals surface area contributed by atoms with Gasteiger partial charge in [-0.15, -0.1) is 0 Å². The molecule has 0 atom stereocenters. The fraction of sp³-hybridized carbons (Fsp3) is 0. The molecule has 0 fully saturated rings. The van der Waals surface area contributed by atoms with Gasteiger partial charge in [0.1, 0.15) is 0 Å². The van der Waals surface area contributed by atoms with E-state index in [9.17, 15) is 4.79 Å². The van der Waals surface area contributed by atoms with Crippen LogP contribution in [-0.4, -0.2) is 11.1 Å². The topological polar surface area (TPSA) is 75.4 Å². The molecule has 0 unspecified atom stereocenters. The Labute approximate surface area is 119 Å². The van der Waals surface area contributed by atoms with Crippen LogP contribution in [0.25, 0.3) is 0 Å². The summed E-state index contributed by atoms with van der Waals surface area (Å²) < 4.78 is 0. The van der Waals surface area contributed by atoms with Crippen LogP contribution in [0.4, 0.5) is 17.1 Å². The Bertz CT molecular complexity index is 624. The lowest BCUT2D eigenvalue weighted by Gasteiger charge is -2.12. The summed E-state index contributed by atoms with van der Waals surface area (Å²) in [5, 5.41) is 12.8. The third-order valence-electron chi connectivity index (χ3n) is 2.52. The fourth-order valence-corrected chi connectivity index (χ4v) is 2.05. The Morgan fingerprint density at radius 1 is 1.16 bits per heavy atom. The molecular formula is C13H10Cl2N2O2. The SMILES string of the molecule is Nc1cc(C(=O)O)ccc1Nc1c(Cl)cccc1Cl. The van der Waals surface area contributed by atoms with Gasteiger partial charge in [-0.1, -0.05) is 29.3 Å². The Morgan fingerprint density at radius 2 is 1.79 bits per heavy atom. The first-order valence-corrected chi connectivity index (χ1v) is 6.08. The maximum atomic E-state index is 10.8. The van der Waals surface area contributed by atoms with Crippen molar-refractivity contribution in [3.05, 3.63) is 52.0 Å². The van der Waals surface area contributed by atoms with Gasteiger partial charge in [-0.2, -0.15) is 0 Å². The zero-order valence-electron chi connectivity index (χ0n) is 9.65. The maximum absolute atomic E-state index is 10.8.